The molecule has 4 rings (SSSR count). The van der Waals surface area contributed by atoms with Crippen molar-refractivity contribution in [3.8, 4) is 11.5 Å². The number of aryl methyl sites for hydroxylation is 2. The summed E-state index contributed by atoms with van der Waals surface area (Å²) in [6.45, 7) is 6.18. The van der Waals surface area contributed by atoms with Gasteiger partial charge in [0.1, 0.15) is 36.7 Å². The highest BCUT2D eigenvalue weighted by atomic mass is 16.6. The molecule has 1 aromatic carbocycles. The van der Waals surface area contributed by atoms with E-state index in [-0.39, 0.29) is 17.2 Å². The second kappa shape index (κ2) is 6.46. The standard InChI is InChI=1S/C19H19N3O5/c1-10-12(3)27-18-16(10)19(24)22(9-20-18)11(2)17(23)21-13-4-5-14-15(8-13)26-7-6-25-14/h4-5,8-9,11H,6-7H2,1-3H3,(H,21,23). The quantitative estimate of drug-likeness (QED) is 0.762. The maximum Gasteiger partial charge on any atom is 0.265 e. The van der Waals surface area contributed by atoms with Crippen LogP contribution in [0.15, 0.2) is 33.7 Å². The van der Waals surface area contributed by atoms with Crippen LogP contribution in [0, 0.1) is 13.8 Å². The Morgan fingerprint density at radius 1 is 1.22 bits per heavy atom. The molecule has 8 heteroatoms. The Hall–Kier alpha value is -3.29. The van der Waals surface area contributed by atoms with Gasteiger partial charge in [-0.1, -0.05) is 0 Å². The average Bonchev–Trinajstić information content (AvgIpc) is 2.96. The normalized spacial score (nSPS) is 14.2. The van der Waals surface area contributed by atoms with E-state index in [9.17, 15) is 9.59 Å². The van der Waals surface area contributed by atoms with Gasteiger partial charge in [0, 0.05) is 17.3 Å². The molecule has 0 fully saturated rings. The molecule has 0 radical (unpaired) electrons. The van der Waals surface area contributed by atoms with E-state index >= 15 is 0 Å². The largest absolute Gasteiger partial charge is 0.486 e. The molecule has 0 bridgehead atoms. The van der Waals surface area contributed by atoms with Gasteiger partial charge in [0.05, 0.1) is 0 Å². The molecular formula is C19H19N3O5. The third-order valence-corrected chi connectivity index (χ3v) is 4.72. The number of benzene rings is 1. The van der Waals surface area contributed by atoms with Crippen LogP contribution in [0.4, 0.5) is 5.69 Å². The molecule has 1 aliphatic heterocycles. The van der Waals surface area contributed by atoms with E-state index in [1.165, 1.54) is 10.9 Å². The monoisotopic (exact) mass is 369 g/mol. The molecule has 8 nitrogen and oxygen atoms in total. The van der Waals surface area contributed by atoms with Crippen LogP contribution in [0.25, 0.3) is 11.1 Å². The fraction of sp³-hybridized carbons (Fsp3) is 0.316. The fourth-order valence-corrected chi connectivity index (χ4v) is 3.02. The van der Waals surface area contributed by atoms with E-state index in [1.807, 2.05) is 0 Å². The first-order valence-corrected chi connectivity index (χ1v) is 8.63. The predicted octanol–water partition coefficient (Wildman–Crippen LogP) is 2.58. The smallest absolute Gasteiger partial charge is 0.265 e. The second-order valence-electron chi connectivity index (χ2n) is 6.44. The van der Waals surface area contributed by atoms with Gasteiger partial charge in [0.2, 0.25) is 11.6 Å². The number of ether oxygens (including phenoxy) is 2. The zero-order valence-corrected chi connectivity index (χ0v) is 15.2. The number of hydrogen-bond donors (Lipinski definition) is 1. The minimum absolute atomic E-state index is 0.283. The number of nitrogens with one attached hydrogen (secondary N) is 1. The van der Waals surface area contributed by atoms with E-state index in [0.717, 1.165) is 5.56 Å². The van der Waals surface area contributed by atoms with Crippen LogP contribution >= 0.6 is 0 Å². The topological polar surface area (TPSA) is 95.6 Å². The molecule has 1 unspecified atom stereocenters. The summed E-state index contributed by atoms with van der Waals surface area (Å²) < 4.78 is 17.8. The summed E-state index contributed by atoms with van der Waals surface area (Å²) in [5, 5.41) is 3.20. The molecule has 1 atom stereocenters. The highest BCUT2D eigenvalue weighted by Gasteiger charge is 2.21. The van der Waals surface area contributed by atoms with Gasteiger partial charge >= 0.3 is 0 Å². The molecule has 3 aromatic rings. The van der Waals surface area contributed by atoms with Gasteiger partial charge in [0.25, 0.3) is 5.56 Å². The summed E-state index contributed by atoms with van der Waals surface area (Å²) in [6.07, 6.45) is 1.33. The zero-order valence-electron chi connectivity index (χ0n) is 15.2. The summed E-state index contributed by atoms with van der Waals surface area (Å²) in [4.78, 5) is 29.6. The molecule has 0 saturated heterocycles. The lowest BCUT2D eigenvalue weighted by Gasteiger charge is -2.20. The Kier molecular flexibility index (Phi) is 4.10. The molecule has 140 valence electrons. The summed E-state index contributed by atoms with van der Waals surface area (Å²) in [5.74, 6) is 1.52. The van der Waals surface area contributed by atoms with E-state index in [2.05, 4.69) is 10.3 Å². The van der Waals surface area contributed by atoms with Gasteiger partial charge in [-0.15, -0.1) is 0 Å². The first kappa shape index (κ1) is 17.1. The number of nitrogens with zero attached hydrogens (tertiary/aromatic N) is 2. The van der Waals surface area contributed by atoms with Gasteiger partial charge in [0.15, 0.2) is 11.5 Å². The number of rotatable bonds is 3. The van der Waals surface area contributed by atoms with Gasteiger partial charge < -0.3 is 19.2 Å². The molecule has 2 aromatic heterocycles. The van der Waals surface area contributed by atoms with Crippen LogP contribution in [0.3, 0.4) is 0 Å². The van der Waals surface area contributed by atoms with Crippen molar-refractivity contribution in [2.75, 3.05) is 18.5 Å². The SMILES string of the molecule is Cc1oc2ncn(C(C)C(=O)Nc3ccc4c(c3)OCCO4)c(=O)c2c1C. The number of hydrogen-bond acceptors (Lipinski definition) is 6. The summed E-state index contributed by atoms with van der Waals surface area (Å²) in [5.41, 5.74) is 1.27. The molecular weight excluding hydrogens is 350 g/mol. The van der Waals surface area contributed by atoms with Crippen molar-refractivity contribution in [3.05, 3.63) is 46.2 Å². The van der Waals surface area contributed by atoms with Crippen LogP contribution in [-0.4, -0.2) is 28.7 Å². The van der Waals surface area contributed by atoms with Crippen molar-refractivity contribution < 1.29 is 18.7 Å². The highest BCUT2D eigenvalue weighted by molar-refractivity contribution is 5.94. The lowest BCUT2D eigenvalue weighted by atomic mass is 10.2. The van der Waals surface area contributed by atoms with Crippen LogP contribution in [0.5, 0.6) is 11.5 Å². The molecule has 1 aliphatic rings. The van der Waals surface area contributed by atoms with E-state index in [0.29, 0.717) is 41.5 Å². The van der Waals surface area contributed by atoms with Crippen molar-refractivity contribution >= 4 is 22.7 Å². The van der Waals surface area contributed by atoms with Crippen molar-refractivity contribution in [1.29, 1.82) is 0 Å². The maximum atomic E-state index is 12.8. The minimum Gasteiger partial charge on any atom is -0.486 e. The Labute approximate surface area is 154 Å². The number of amides is 1. The summed E-state index contributed by atoms with van der Waals surface area (Å²) in [7, 11) is 0. The number of anilines is 1. The number of furan rings is 1. The predicted molar refractivity (Wildman–Crippen MR) is 98.5 cm³/mol. The van der Waals surface area contributed by atoms with Gasteiger partial charge in [-0.3, -0.25) is 14.2 Å². The van der Waals surface area contributed by atoms with Crippen molar-refractivity contribution in [1.82, 2.24) is 9.55 Å². The van der Waals surface area contributed by atoms with E-state index in [4.69, 9.17) is 13.9 Å². The van der Waals surface area contributed by atoms with Crippen LogP contribution in [0.2, 0.25) is 0 Å². The van der Waals surface area contributed by atoms with E-state index < -0.39 is 6.04 Å². The number of carbonyl (C=O) groups is 1. The van der Waals surface area contributed by atoms with Crippen LogP contribution in [0.1, 0.15) is 24.3 Å². The molecule has 27 heavy (non-hydrogen) atoms. The Morgan fingerprint density at radius 2 is 1.96 bits per heavy atom. The number of fused-ring (bicyclic) bond motifs is 2. The molecule has 3 heterocycles. The number of aromatic nitrogens is 2. The Bertz CT molecular complexity index is 1100. The van der Waals surface area contributed by atoms with Crippen molar-refractivity contribution in [3.63, 3.8) is 0 Å². The molecule has 1 N–H and O–H groups in total. The summed E-state index contributed by atoms with van der Waals surface area (Å²) >= 11 is 0. The highest BCUT2D eigenvalue weighted by Crippen LogP contribution is 2.32. The second-order valence-corrected chi connectivity index (χ2v) is 6.44. The van der Waals surface area contributed by atoms with Gasteiger partial charge in [-0.2, -0.15) is 0 Å². The summed E-state index contributed by atoms with van der Waals surface area (Å²) in [6, 6.07) is 4.42. The lowest BCUT2D eigenvalue weighted by Crippen LogP contribution is -2.31. The van der Waals surface area contributed by atoms with Crippen molar-refractivity contribution in [2.24, 2.45) is 0 Å². The molecule has 0 saturated carbocycles. The van der Waals surface area contributed by atoms with Gasteiger partial charge in [-0.05, 0) is 32.9 Å². The lowest BCUT2D eigenvalue weighted by molar-refractivity contribution is -0.118. The Balaban J connectivity index is 1.61. The van der Waals surface area contributed by atoms with Gasteiger partial charge in [-0.25, -0.2) is 4.98 Å². The first-order valence-electron chi connectivity index (χ1n) is 8.63. The van der Waals surface area contributed by atoms with E-state index in [1.54, 1.807) is 39.0 Å². The molecule has 1 amide bonds. The zero-order chi connectivity index (χ0) is 19.1. The Morgan fingerprint density at radius 3 is 2.74 bits per heavy atom. The van der Waals surface area contributed by atoms with Crippen molar-refractivity contribution in [2.45, 2.75) is 26.8 Å². The first-order chi connectivity index (χ1) is 13.0. The number of carbonyl (C=O) groups excluding carboxylic acids is 1. The third kappa shape index (κ3) is 2.92. The minimum atomic E-state index is -0.753. The van der Waals surface area contributed by atoms with Crippen LogP contribution in [-0.2, 0) is 4.79 Å². The van der Waals surface area contributed by atoms with Crippen LogP contribution < -0.4 is 20.3 Å². The fourth-order valence-electron chi connectivity index (χ4n) is 3.02. The maximum absolute atomic E-state index is 12.8. The third-order valence-electron chi connectivity index (χ3n) is 4.72. The average molecular weight is 369 g/mol. The molecule has 0 aliphatic carbocycles. The molecule has 0 spiro atoms.